The molecule has 14 heavy (non-hydrogen) atoms. The lowest BCUT2D eigenvalue weighted by atomic mass is 9.97. The van der Waals surface area contributed by atoms with Gasteiger partial charge in [-0.05, 0) is 20.8 Å². The molecule has 5 nitrogen and oxygen atoms in total. The number of carbonyl (C=O) groups is 1. The first-order valence-electron chi connectivity index (χ1n) is 4.58. The highest BCUT2D eigenvalue weighted by Crippen LogP contribution is 2.36. The normalized spacial score (nSPS) is 45.9. The number of aliphatic hydroxyl groups is 1. The van der Waals surface area contributed by atoms with Gasteiger partial charge >= 0.3 is 5.97 Å². The van der Waals surface area contributed by atoms with Crippen LogP contribution in [0.3, 0.4) is 0 Å². The molecule has 2 aliphatic heterocycles. The Morgan fingerprint density at radius 3 is 2.71 bits per heavy atom. The van der Waals surface area contributed by atoms with E-state index in [0.29, 0.717) is 0 Å². The van der Waals surface area contributed by atoms with E-state index in [1.54, 1.807) is 13.8 Å². The van der Waals surface area contributed by atoms with E-state index in [9.17, 15) is 9.90 Å². The lowest BCUT2D eigenvalue weighted by molar-refractivity contribution is -0.307. The Kier molecular flexibility index (Phi) is 1.90. The molecule has 2 aliphatic rings. The standard InChI is InChI=1S/C9H14O5/c1-8(2)12-4-5-6(14-8)9(3,11)7(10)13-5/h5-6,11H,4H2,1-3H3/t5-,6+,9-/m1/s1. The van der Waals surface area contributed by atoms with Crippen LogP contribution in [0.4, 0.5) is 0 Å². The van der Waals surface area contributed by atoms with Gasteiger partial charge in [-0.25, -0.2) is 4.79 Å². The summed E-state index contributed by atoms with van der Waals surface area (Å²) in [5.74, 6) is -1.42. The van der Waals surface area contributed by atoms with E-state index in [0.717, 1.165) is 0 Å². The van der Waals surface area contributed by atoms with E-state index in [1.807, 2.05) is 0 Å². The molecule has 80 valence electrons. The van der Waals surface area contributed by atoms with Crippen LogP contribution in [-0.2, 0) is 19.0 Å². The highest BCUT2D eigenvalue weighted by Gasteiger charge is 2.58. The Morgan fingerprint density at radius 1 is 1.43 bits per heavy atom. The number of rotatable bonds is 0. The lowest BCUT2D eigenvalue weighted by Crippen LogP contribution is -2.54. The maximum atomic E-state index is 11.3. The van der Waals surface area contributed by atoms with E-state index in [4.69, 9.17) is 14.2 Å². The SMILES string of the molecule is CC1(C)OC[C@H]2OC(=O)[C@](C)(O)[C@H]2O1. The molecule has 2 heterocycles. The van der Waals surface area contributed by atoms with Gasteiger partial charge in [-0.1, -0.05) is 0 Å². The van der Waals surface area contributed by atoms with Crippen LogP contribution in [0.15, 0.2) is 0 Å². The predicted octanol–water partition coefficient (Wildman–Crippen LogP) is -0.186. The molecule has 0 aromatic rings. The summed E-state index contributed by atoms with van der Waals surface area (Å²) in [6.45, 7) is 5.14. The van der Waals surface area contributed by atoms with Gasteiger partial charge in [0.2, 0.25) is 0 Å². The molecule has 2 fully saturated rings. The second-order valence-corrected chi connectivity index (χ2v) is 4.34. The molecule has 0 unspecified atom stereocenters. The van der Waals surface area contributed by atoms with Crippen LogP contribution in [0.2, 0.25) is 0 Å². The first kappa shape index (κ1) is 9.89. The third kappa shape index (κ3) is 1.32. The fourth-order valence-corrected chi connectivity index (χ4v) is 1.73. The van der Waals surface area contributed by atoms with Gasteiger partial charge in [-0.3, -0.25) is 0 Å². The van der Waals surface area contributed by atoms with Crippen molar-refractivity contribution in [2.45, 2.75) is 44.4 Å². The van der Waals surface area contributed by atoms with Gasteiger partial charge in [-0.15, -0.1) is 0 Å². The van der Waals surface area contributed by atoms with Crippen LogP contribution in [0.1, 0.15) is 20.8 Å². The second-order valence-electron chi connectivity index (χ2n) is 4.34. The van der Waals surface area contributed by atoms with Gasteiger partial charge in [0.25, 0.3) is 0 Å². The van der Waals surface area contributed by atoms with Crippen LogP contribution in [-0.4, -0.2) is 41.3 Å². The van der Waals surface area contributed by atoms with Crippen molar-refractivity contribution in [1.82, 2.24) is 0 Å². The summed E-state index contributed by atoms with van der Waals surface area (Å²) in [6.07, 6.45) is -1.13. The first-order valence-corrected chi connectivity index (χ1v) is 4.58. The summed E-state index contributed by atoms with van der Waals surface area (Å²) >= 11 is 0. The quantitative estimate of drug-likeness (QED) is 0.552. The molecule has 1 N–H and O–H groups in total. The topological polar surface area (TPSA) is 65.0 Å². The van der Waals surface area contributed by atoms with E-state index in [1.165, 1.54) is 6.92 Å². The molecule has 0 amide bonds. The largest absolute Gasteiger partial charge is 0.455 e. The zero-order chi connectivity index (χ0) is 10.6. The summed E-state index contributed by atoms with van der Waals surface area (Å²) < 4.78 is 15.7. The van der Waals surface area contributed by atoms with Crippen LogP contribution in [0.25, 0.3) is 0 Å². The molecule has 0 bridgehead atoms. The Bertz CT molecular complexity index is 270. The average Bonchev–Trinajstić information content (AvgIpc) is 2.26. The molecular weight excluding hydrogens is 188 g/mol. The molecule has 0 spiro atoms. The Balaban J connectivity index is 2.23. The van der Waals surface area contributed by atoms with Gasteiger partial charge < -0.3 is 19.3 Å². The molecule has 0 aromatic carbocycles. The molecule has 0 aromatic heterocycles. The highest BCUT2D eigenvalue weighted by atomic mass is 16.7. The van der Waals surface area contributed by atoms with E-state index in [-0.39, 0.29) is 6.61 Å². The first-order chi connectivity index (χ1) is 6.33. The number of fused-ring (bicyclic) bond motifs is 1. The van der Waals surface area contributed by atoms with Crippen molar-refractivity contribution in [3.63, 3.8) is 0 Å². The molecule has 2 rings (SSSR count). The van der Waals surface area contributed by atoms with Crippen molar-refractivity contribution in [2.24, 2.45) is 0 Å². The molecular formula is C9H14O5. The number of esters is 1. The second kappa shape index (κ2) is 2.68. The lowest BCUT2D eigenvalue weighted by Gasteiger charge is -2.38. The Hall–Kier alpha value is -0.650. The zero-order valence-electron chi connectivity index (χ0n) is 8.44. The van der Waals surface area contributed by atoms with Crippen molar-refractivity contribution < 1.29 is 24.1 Å². The van der Waals surface area contributed by atoms with Gasteiger partial charge in [0.1, 0.15) is 6.10 Å². The Morgan fingerprint density at radius 2 is 2.07 bits per heavy atom. The number of hydrogen-bond donors (Lipinski definition) is 1. The summed E-state index contributed by atoms with van der Waals surface area (Å²) in [4.78, 5) is 11.3. The monoisotopic (exact) mass is 202 g/mol. The minimum absolute atomic E-state index is 0.263. The van der Waals surface area contributed by atoms with E-state index >= 15 is 0 Å². The van der Waals surface area contributed by atoms with Crippen LogP contribution in [0, 0.1) is 0 Å². The number of ether oxygens (including phenoxy) is 3. The minimum Gasteiger partial charge on any atom is -0.455 e. The van der Waals surface area contributed by atoms with Crippen LogP contribution >= 0.6 is 0 Å². The maximum Gasteiger partial charge on any atom is 0.341 e. The zero-order valence-corrected chi connectivity index (χ0v) is 8.44. The summed E-state index contributed by atoms with van der Waals surface area (Å²) in [6, 6.07) is 0. The summed E-state index contributed by atoms with van der Waals surface area (Å²) in [7, 11) is 0. The molecule has 0 radical (unpaired) electrons. The third-order valence-corrected chi connectivity index (χ3v) is 2.57. The van der Waals surface area contributed by atoms with Crippen molar-refractivity contribution in [3.05, 3.63) is 0 Å². The van der Waals surface area contributed by atoms with E-state index in [2.05, 4.69) is 0 Å². The van der Waals surface area contributed by atoms with Crippen molar-refractivity contribution in [3.8, 4) is 0 Å². The third-order valence-electron chi connectivity index (χ3n) is 2.57. The minimum atomic E-state index is -1.56. The molecule has 0 aliphatic carbocycles. The predicted molar refractivity (Wildman–Crippen MR) is 45.4 cm³/mol. The van der Waals surface area contributed by atoms with Crippen molar-refractivity contribution >= 4 is 5.97 Å². The average molecular weight is 202 g/mol. The summed E-state index contributed by atoms with van der Waals surface area (Å²) in [5.41, 5.74) is -1.56. The van der Waals surface area contributed by atoms with Crippen LogP contribution < -0.4 is 0 Å². The molecule has 5 heteroatoms. The molecule has 2 saturated heterocycles. The number of carbonyl (C=O) groups excluding carboxylic acids is 1. The smallest absolute Gasteiger partial charge is 0.341 e. The van der Waals surface area contributed by atoms with Crippen molar-refractivity contribution in [2.75, 3.05) is 6.61 Å². The van der Waals surface area contributed by atoms with E-state index < -0.39 is 29.6 Å². The molecule has 3 atom stereocenters. The Labute approximate surface area is 81.9 Å². The maximum absolute atomic E-state index is 11.3. The fourth-order valence-electron chi connectivity index (χ4n) is 1.73. The van der Waals surface area contributed by atoms with Crippen molar-refractivity contribution in [1.29, 1.82) is 0 Å². The van der Waals surface area contributed by atoms with Gasteiger partial charge in [0.15, 0.2) is 17.5 Å². The fraction of sp³-hybridized carbons (Fsp3) is 0.889. The highest BCUT2D eigenvalue weighted by molar-refractivity contribution is 5.82. The van der Waals surface area contributed by atoms with Gasteiger partial charge in [0.05, 0.1) is 6.61 Å². The molecule has 0 saturated carbocycles. The summed E-state index contributed by atoms with van der Waals surface area (Å²) in [5, 5.41) is 9.84. The number of hydrogen-bond acceptors (Lipinski definition) is 5. The van der Waals surface area contributed by atoms with Gasteiger partial charge in [-0.2, -0.15) is 0 Å². The van der Waals surface area contributed by atoms with Crippen LogP contribution in [0.5, 0.6) is 0 Å². The van der Waals surface area contributed by atoms with Gasteiger partial charge in [0, 0.05) is 0 Å².